The average molecular weight is 410 g/mol. The van der Waals surface area contributed by atoms with E-state index >= 15 is 0 Å². The fraction of sp³-hybridized carbons (Fsp3) is 0.304. The third-order valence-electron chi connectivity index (χ3n) is 5.10. The summed E-state index contributed by atoms with van der Waals surface area (Å²) in [6.07, 6.45) is 1.29. The summed E-state index contributed by atoms with van der Waals surface area (Å²) < 4.78 is 7.49. The first kappa shape index (κ1) is 19.5. The van der Waals surface area contributed by atoms with Crippen molar-refractivity contribution in [1.82, 2.24) is 14.7 Å². The largest absolute Gasteiger partial charge is 0.494 e. The van der Waals surface area contributed by atoms with E-state index in [1.165, 1.54) is 0 Å². The molecule has 1 aliphatic heterocycles. The predicted molar refractivity (Wildman–Crippen MR) is 114 cm³/mol. The van der Waals surface area contributed by atoms with Crippen molar-refractivity contribution in [2.24, 2.45) is 0 Å². The second kappa shape index (κ2) is 8.70. The zero-order chi connectivity index (χ0) is 20.2. The topological polar surface area (TPSA) is 47.4 Å². The van der Waals surface area contributed by atoms with E-state index < -0.39 is 0 Å². The van der Waals surface area contributed by atoms with Gasteiger partial charge in [0.1, 0.15) is 5.75 Å². The SMILES string of the molecule is CCOc1ccc(CC(=O)N2CCCn3nc(-c4ccc(Cl)cc4)cc3C2)cc1. The molecule has 0 unspecified atom stereocenters. The van der Waals surface area contributed by atoms with Crippen molar-refractivity contribution in [3.05, 3.63) is 70.9 Å². The van der Waals surface area contributed by atoms with Gasteiger partial charge in [0, 0.05) is 23.7 Å². The molecule has 0 N–H and O–H groups in total. The van der Waals surface area contributed by atoms with Crippen LogP contribution in [0.3, 0.4) is 0 Å². The summed E-state index contributed by atoms with van der Waals surface area (Å²) in [5, 5.41) is 5.45. The molecule has 1 amide bonds. The quantitative estimate of drug-likeness (QED) is 0.619. The molecule has 1 aromatic heterocycles. The lowest BCUT2D eigenvalue weighted by atomic mass is 10.1. The second-order valence-electron chi connectivity index (χ2n) is 7.17. The van der Waals surface area contributed by atoms with Crippen molar-refractivity contribution in [2.75, 3.05) is 13.2 Å². The van der Waals surface area contributed by atoms with Gasteiger partial charge in [-0.2, -0.15) is 5.10 Å². The van der Waals surface area contributed by atoms with Gasteiger partial charge >= 0.3 is 0 Å². The lowest BCUT2D eigenvalue weighted by molar-refractivity contribution is -0.131. The van der Waals surface area contributed by atoms with Gasteiger partial charge in [0.15, 0.2) is 0 Å². The number of nitrogens with zero attached hydrogens (tertiary/aromatic N) is 3. The summed E-state index contributed by atoms with van der Waals surface area (Å²) in [5.41, 5.74) is 4.00. The third kappa shape index (κ3) is 4.62. The van der Waals surface area contributed by atoms with Crippen LogP contribution in [0, 0.1) is 0 Å². The van der Waals surface area contributed by atoms with Crippen molar-refractivity contribution >= 4 is 17.5 Å². The summed E-state index contributed by atoms with van der Waals surface area (Å²) in [6.45, 7) is 4.74. The Kier molecular flexibility index (Phi) is 5.86. The molecule has 150 valence electrons. The first-order valence-corrected chi connectivity index (χ1v) is 10.3. The van der Waals surface area contributed by atoms with Gasteiger partial charge in [0.05, 0.1) is 31.0 Å². The minimum Gasteiger partial charge on any atom is -0.494 e. The molecule has 0 aliphatic carbocycles. The number of carbonyl (C=O) groups excluding carboxylic acids is 1. The minimum atomic E-state index is 0.136. The fourth-order valence-corrected chi connectivity index (χ4v) is 3.72. The summed E-state index contributed by atoms with van der Waals surface area (Å²) in [4.78, 5) is 14.8. The van der Waals surface area contributed by atoms with E-state index in [0.717, 1.165) is 47.8 Å². The number of benzene rings is 2. The number of aromatic nitrogens is 2. The predicted octanol–water partition coefficient (Wildman–Crippen LogP) is 4.58. The number of hydrogen-bond donors (Lipinski definition) is 0. The first-order chi connectivity index (χ1) is 14.1. The highest BCUT2D eigenvalue weighted by Gasteiger charge is 2.21. The molecule has 0 radical (unpaired) electrons. The average Bonchev–Trinajstić information content (AvgIpc) is 3.01. The molecule has 29 heavy (non-hydrogen) atoms. The van der Waals surface area contributed by atoms with Crippen LogP contribution in [0.5, 0.6) is 5.75 Å². The Bertz CT molecular complexity index is 980. The molecular formula is C23H24ClN3O2. The minimum absolute atomic E-state index is 0.136. The van der Waals surface area contributed by atoms with Gasteiger partial charge in [-0.1, -0.05) is 35.9 Å². The summed E-state index contributed by atoms with van der Waals surface area (Å²) in [6, 6.07) is 17.5. The van der Waals surface area contributed by atoms with Crippen molar-refractivity contribution in [3.63, 3.8) is 0 Å². The van der Waals surface area contributed by atoms with Crippen LogP contribution in [0.4, 0.5) is 0 Å². The van der Waals surface area contributed by atoms with Gasteiger partial charge in [-0.15, -0.1) is 0 Å². The van der Waals surface area contributed by atoms with Crippen LogP contribution in [-0.4, -0.2) is 33.7 Å². The Morgan fingerprint density at radius 2 is 1.86 bits per heavy atom. The Labute approximate surface area is 175 Å². The number of halogens is 1. The lowest BCUT2D eigenvalue weighted by Gasteiger charge is -2.20. The van der Waals surface area contributed by atoms with E-state index in [-0.39, 0.29) is 5.91 Å². The molecule has 1 aliphatic rings. The van der Waals surface area contributed by atoms with Crippen LogP contribution < -0.4 is 4.74 Å². The molecule has 0 atom stereocenters. The van der Waals surface area contributed by atoms with Gasteiger partial charge < -0.3 is 9.64 Å². The molecule has 0 bridgehead atoms. The monoisotopic (exact) mass is 409 g/mol. The molecule has 0 fully saturated rings. The van der Waals surface area contributed by atoms with Gasteiger partial charge in [-0.25, -0.2) is 0 Å². The van der Waals surface area contributed by atoms with E-state index in [2.05, 4.69) is 6.07 Å². The smallest absolute Gasteiger partial charge is 0.227 e. The number of hydrogen-bond acceptors (Lipinski definition) is 3. The fourth-order valence-electron chi connectivity index (χ4n) is 3.59. The van der Waals surface area contributed by atoms with E-state index in [1.54, 1.807) is 0 Å². The number of aryl methyl sites for hydroxylation is 1. The highest BCUT2D eigenvalue weighted by Crippen LogP contribution is 2.24. The summed E-state index contributed by atoms with van der Waals surface area (Å²) in [5.74, 6) is 0.967. The van der Waals surface area contributed by atoms with Crippen molar-refractivity contribution in [1.29, 1.82) is 0 Å². The Balaban J connectivity index is 1.46. The Morgan fingerprint density at radius 1 is 1.10 bits per heavy atom. The molecule has 6 heteroatoms. The van der Waals surface area contributed by atoms with Crippen LogP contribution in [-0.2, 0) is 24.3 Å². The van der Waals surface area contributed by atoms with Gasteiger partial charge in [0.2, 0.25) is 5.91 Å². The maximum absolute atomic E-state index is 12.9. The Morgan fingerprint density at radius 3 is 2.59 bits per heavy atom. The molecule has 2 aromatic carbocycles. The molecule has 0 saturated carbocycles. The zero-order valence-electron chi connectivity index (χ0n) is 16.5. The maximum Gasteiger partial charge on any atom is 0.227 e. The summed E-state index contributed by atoms with van der Waals surface area (Å²) in [7, 11) is 0. The Hall–Kier alpha value is -2.79. The maximum atomic E-state index is 12.9. The van der Waals surface area contributed by atoms with Crippen LogP contribution >= 0.6 is 11.6 Å². The van der Waals surface area contributed by atoms with Crippen molar-refractivity contribution in [2.45, 2.75) is 32.9 Å². The number of rotatable bonds is 5. The first-order valence-electron chi connectivity index (χ1n) is 9.94. The second-order valence-corrected chi connectivity index (χ2v) is 7.61. The van der Waals surface area contributed by atoms with E-state index in [4.69, 9.17) is 21.4 Å². The molecule has 4 rings (SSSR count). The summed E-state index contributed by atoms with van der Waals surface area (Å²) >= 11 is 5.99. The van der Waals surface area contributed by atoms with Crippen molar-refractivity contribution < 1.29 is 9.53 Å². The molecule has 0 spiro atoms. The standard InChI is InChI=1S/C23H24ClN3O2/c1-2-29-21-10-4-17(5-11-21)14-23(28)26-12-3-13-27-20(16-26)15-22(25-27)18-6-8-19(24)9-7-18/h4-11,15H,2-3,12-14,16H2,1H3. The van der Waals surface area contributed by atoms with E-state index in [1.807, 2.05) is 65.0 Å². The number of amides is 1. The van der Waals surface area contributed by atoms with Crippen LogP contribution in [0.1, 0.15) is 24.6 Å². The van der Waals surface area contributed by atoms with Crippen LogP contribution in [0.2, 0.25) is 5.02 Å². The van der Waals surface area contributed by atoms with E-state index in [9.17, 15) is 4.79 Å². The highest BCUT2D eigenvalue weighted by molar-refractivity contribution is 6.30. The van der Waals surface area contributed by atoms with Crippen LogP contribution in [0.15, 0.2) is 54.6 Å². The van der Waals surface area contributed by atoms with Crippen molar-refractivity contribution in [3.8, 4) is 17.0 Å². The number of fused-ring (bicyclic) bond motifs is 1. The van der Waals surface area contributed by atoms with Crippen LogP contribution in [0.25, 0.3) is 11.3 Å². The molecule has 2 heterocycles. The van der Waals surface area contributed by atoms with Gasteiger partial charge in [0.25, 0.3) is 0 Å². The van der Waals surface area contributed by atoms with Gasteiger partial charge in [-0.3, -0.25) is 9.48 Å². The normalized spacial score (nSPS) is 13.7. The highest BCUT2D eigenvalue weighted by atomic mass is 35.5. The molecular weight excluding hydrogens is 386 g/mol. The number of ether oxygens (including phenoxy) is 1. The number of carbonyl (C=O) groups is 1. The lowest BCUT2D eigenvalue weighted by Crippen LogP contribution is -2.32. The molecule has 5 nitrogen and oxygen atoms in total. The third-order valence-corrected chi connectivity index (χ3v) is 5.35. The van der Waals surface area contributed by atoms with Gasteiger partial charge in [-0.05, 0) is 49.2 Å². The van der Waals surface area contributed by atoms with E-state index in [0.29, 0.717) is 24.6 Å². The zero-order valence-corrected chi connectivity index (χ0v) is 17.2. The molecule has 0 saturated heterocycles. The molecule has 3 aromatic rings.